The molecule has 4 nitrogen and oxygen atoms in total. The van der Waals surface area contributed by atoms with Crippen molar-refractivity contribution in [2.45, 2.75) is 6.42 Å². The van der Waals surface area contributed by atoms with Crippen molar-refractivity contribution in [1.82, 2.24) is 4.98 Å². The zero-order valence-corrected chi connectivity index (χ0v) is 11.3. The average Bonchev–Trinajstić information content (AvgIpc) is 2.85. The normalized spacial score (nSPS) is 10.9. The first-order valence-electron chi connectivity index (χ1n) is 6.04. The van der Waals surface area contributed by atoms with Gasteiger partial charge in [0.25, 0.3) is 0 Å². The van der Waals surface area contributed by atoms with Gasteiger partial charge in [0.2, 0.25) is 0 Å². The Balaban J connectivity index is 1.67. The van der Waals surface area contributed by atoms with Crippen LogP contribution in [0.4, 0.5) is 5.69 Å². The van der Waals surface area contributed by atoms with Crippen LogP contribution in [0.1, 0.15) is 6.42 Å². The van der Waals surface area contributed by atoms with E-state index in [-0.39, 0.29) is 0 Å². The monoisotopic (exact) mass is 266 g/mol. The van der Waals surface area contributed by atoms with Gasteiger partial charge in [-0.15, -0.1) is 11.3 Å². The lowest BCUT2D eigenvalue weighted by Gasteiger charge is -2.07. The van der Waals surface area contributed by atoms with E-state index in [2.05, 4.69) is 16.4 Å². The SMILES string of the molecule is COCCCOCCNc1ccc2ncsc2c1. The molecule has 0 aliphatic rings. The maximum absolute atomic E-state index is 5.48. The summed E-state index contributed by atoms with van der Waals surface area (Å²) in [6.45, 7) is 3.04. The van der Waals surface area contributed by atoms with Crippen LogP contribution < -0.4 is 5.32 Å². The fourth-order valence-corrected chi connectivity index (χ4v) is 2.36. The van der Waals surface area contributed by atoms with E-state index in [0.29, 0.717) is 6.61 Å². The number of aromatic nitrogens is 1. The van der Waals surface area contributed by atoms with Gasteiger partial charge in [-0.25, -0.2) is 4.98 Å². The number of ether oxygens (including phenoxy) is 2. The molecule has 18 heavy (non-hydrogen) atoms. The van der Waals surface area contributed by atoms with E-state index in [9.17, 15) is 0 Å². The third kappa shape index (κ3) is 3.94. The molecule has 5 heteroatoms. The second-order valence-electron chi connectivity index (χ2n) is 3.92. The van der Waals surface area contributed by atoms with E-state index in [1.807, 2.05) is 17.6 Å². The lowest BCUT2D eigenvalue weighted by Crippen LogP contribution is -2.10. The average molecular weight is 266 g/mol. The highest BCUT2D eigenvalue weighted by Gasteiger charge is 1.98. The van der Waals surface area contributed by atoms with Gasteiger partial charge in [-0.1, -0.05) is 0 Å². The molecule has 0 bridgehead atoms. The van der Waals surface area contributed by atoms with Crippen LogP contribution in [0.5, 0.6) is 0 Å². The number of benzene rings is 1. The second kappa shape index (κ2) is 7.31. The molecule has 2 aromatic rings. The van der Waals surface area contributed by atoms with Crippen LogP contribution in [0.25, 0.3) is 10.2 Å². The maximum atomic E-state index is 5.48. The minimum absolute atomic E-state index is 0.713. The number of rotatable bonds is 8. The van der Waals surface area contributed by atoms with Crippen LogP contribution >= 0.6 is 11.3 Å². The Bertz CT molecular complexity index is 473. The third-order valence-corrected chi connectivity index (χ3v) is 3.34. The van der Waals surface area contributed by atoms with E-state index in [4.69, 9.17) is 9.47 Å². The highest BCUT2D eigenvalue weighted by molar-refractivity contribution is 7.16. The van der Waals surface area contributed by atoms with Crippen LogP contribution in [-0.4, -0.2) is 38.5 Å². The van der Waals surface area contributed by atoms with Crippen molar-refractivity contribution in [2.75, 3.05) is 38.8 Å². The van der Waals surface area contributed by atoms with Crippen molar-refractivity contribution in [2.24, 2.45) is 0 Å². The van der Waals surface area contributed by atoms with Gasteiger partial charge in [-0.05, 0) is 24.6 Å². The summed E-state index contributed by atoms with van der Waals surface area (Å²) in [5, 5.41) is 3.34. The summed E-state index contributed by atoms with van der Waals surface area (Å²) in [7, 11) is 1.71. The van der Waals surface area contributed by atoms with Gasteiger partial charge in [0.05, 0.1) is 22.3 Å². The fourth-order valence-electron chi connectivity index (χ4n) is 1.64. The van der Waals surface area contributed by atoms with Crippen LogP contribution in [0.15, 0.2) is 23.7 Å². The first-order valence-corrected chi connectivity index (χ1v) is 6.92. The standard InChI is InChI=1S/C13H18N2O2S/c1-16-6-2-7-17-8-5-14-11-3-4-12-13(9-11)18-10-15-12/h3-4,9-10,14H,2,5-8H2,1H3. The van der Waals surface area contributed by atoms with E-state index < -0.39 is 0 Å². The van der Waals surface area contributed by atoms with E-state index in [1.165, 1.54) is 4.70 Å². The number of anilines is 1. The number of methoxy groups -OCH3 is 1. The first kappa shape index (κ1) is 13.3. The molecule has 1 heterocycles. The highest BCUT2D eigenvalue weighted by atomic mass is 32.1. The summed E-state index contributed by atoms with van der Waals surface area (Å²) >= 11 is 1.66. The zero-order valence-electron chi connectivity index (χ0n) is 10.5. The maximum Gasteiger partial charge on any atom is 0.0813 e. The van der Waals surface area contributed by atoms with Gasteiger partial charge in [-0.3, -0.25) is 0 Å². The summed E-state index contributed by atoms with van der Waals surface area (Å²) in [5.74, 6) is 0. The predicted octanol–water partition coefficient (Wildman–Crippen LogP) is 2.76. The van der Waals surface area contributed by atoms with Gasteiger partial charge >= 0.3 is 0 Å². The minimum atomic E-state index is 0.713. The van der Waals surface area contributed by atoms with Crippen LogP contribution in [0.3, 0.4) is 0 Å². The van der Waals surface area contributed by atoms with Crippen molar-refractivity contribution >= 4 is 27.2 Å². The van der Waals surface area contributed by atoms with E-state index in [0.717, 1.165) is 37.4 Å². The number of thiazole rings is 1. The Morgan fingerprint density at radius 2 is 2.22 bits per heavy atom. The van der Waals surface area contributed by atoms with Gasteiger partial charge in [0, 0.05) is 32.6 Å². The topological polar surface area (TPSA) is 43.4 Å². The number of hydrogen-bond donors (Lipinski definition) is 1. The predicted molar refractivity (Wildman–Crippen MR) is 75.4 cm³/mol. The van der Waals surface area contributed by atoms with Gasteiger partial charge in [0.1, 0.15) is 0 Å². The van der Waals surface area contributed by atoms with Crippen molar-refractivity contribution in [3.05, 3.63) is 23.7 Å². The summed E-state index contributed by atoms with van der Waals surface area (Å²) in [5.41, 5.74) is 4.04. The largest absolute Gasteiger partial charge is 0.385 e. The van der Waals surface area contributed by atoms with Gasteiger partial charge < -0.3 is 14.8 Å². The lowest BCUT2D eigenvalue weighted by atomic mass is 10.3. The molecule has 0 aliphatic heterocycles. The number of hydrogen-bond acceptors (Lipinski definition) is 5. The number of nitrogens with zero attached hydrogens (tertiary/aromatic N) is 1. The summed E-state index contributed by atoms with van der Waals surface area (Å²) in [6.07, 6.45) is 0.948. The zero-order chi connectivity index (χ0) is 12.6. The third-order valence-electron chi connectivity index (χ3n) is 2.54. The Hall–Kier alpha value is -1.17. The van der Waals surface area contributed by atoms with E-state index in [1.54, 1.807) is 18.4 Å². The Morgan fingerprint density at radius 3 is 3.11 bits per heavy atom. The van der Waals surface area contributed by atoms with Gasteiger partial charge in [-0.2, -0.15) is 0 Å². The summed E-state index contributed by atoms with van der Waals surface area (Å²) < 4.78 is 11.6. The molecule has 98 valence electrons. The molecule has 0 saturated heterocycles. The molecule has 0 aliphatic carbocycles. The number of fused-ring (bicyclic) bond motifs is 1. The molecule has 0 atom stereocenters. The number of nitrogens with one attached hydrogen (secondary N) is 1. The van der Waals surface area contributed by atoms with E-state index >= 15 is 0 Å². The molecular formula is C13H18N2O2S. The molecule has 0 radical (unpaired) electrons. The molecule has 0 fully saturated rings. The highest BCUT2D eigenvalue weighted by Crippen LogP contribution is 2.21. The van der Waals surface area contributed by atoms with Crippen molar-refractivity contribution < 1.29 is 9.47 Å². The Morgan fingerprint density at radius 1 is 1.28 bits per heavy atom. The molecule has 1 N–H and O–H groups in total. The molecule has 2 rings (SSSR count). The Labute approximate surface area is 111 Å². The van der Waals surface area contributed by atoms with Crippen molar-refractivity contribution in [1.29, 1.82) is 0 Å². The first-order chi connectivity index (χ1) is 8.90. The van der Waals surface area contributed by atoms with Crippen LogP contribution in [-0.2, 0) is 9.47 Å². The molecule has 1 aromatic heterocycles. The summed E-state index contributed by atoms with van der Waals surface area (Å²) in [6, 6.07) is 6.21. The van der Waals surface area contributed by atoms with Gasteiger partial charge in [0.15, 0.2) is 0 Å². The lowest BCUT2D eigenvalue weighted by molar-refractivity contribution is 0.109. The minimum Gasteiger partial charge on any atom is -0.385 e. The molecule has 0 saturated carbocycles. The quantitative estimate of drug-likeness (QED) is 0.746. The molecule has 0 amide bonds. The Kier molecular flexibility index (Phi) is 5.38. The molecule has 0 unspecified atom stereocenters. The second-order valence-corrected chi connectivity index (χ2v) is 4.81. The van der Waals surface area contributed by atoms with Crippen LogP contribution in [0, 0.1) is 0 Å². The molecule has 1 aromatic carbocycles. The molecule has 0 spiro atoms. The van der Waals surface area contributed by atoms with Crippen molar-refractivity contribution in [3.63, 3.8) is 0 Å². The fraction of sp³-hybridized carbons (Fsp3) is 0.462. The smallest absolute Gasteiger partial charge is 0.0813 e. The van der Waals surface area contributed by atoms with Crippen LogP contribution in [0.2, 0.25) is 0 Å². The summed E-state index contributed by atoms with van der Waals surface area (Å²) in [4.78, 5) is 4.25. The molecular weight excluding hydrogens is 248 g/mol. The van der Waals surface area contributed by atoms with Crippen molar-refractivity contribution in [3.8, 4) is 0 Å².